The number of methoxy groups -OCH3 is 3. The highest BCUT2D eigenvalue weighted by Crippen LogP contribution is 2.18. The molecule has 1 aromatic carbocycles. The van der Waals surface area contributed by atoms with Gasteiger partial charge in [0.25, 0.3) is 0 Å². The zero-order chi connectivity index (χ0) is 16.4. The van der Waals surface area contributed by atoms with Crippen molar-refractivity contribution >= 4 is 18.0 Å². The Morgan fingerprint density at radius 1 is 1.05 bits per heavy atom. The molecule has 0 aliphatic heterocycles. The zero-order valence-electron chi connectivity index (χ0n) is 13.1. The monoisotopic (exact) mass is 307 g/mol. The minimum Gasteiger partial charge on any atom is -0.496 e. The van der Waals surface area contributed by atoms with Crippen LogP contribution in [0.1, 0.15) is 5.56 Å². The summed E-state index contributed by atoms with van der Waals surface area (Å²) in [6, 6.07) is 7.57. The van der Waals surface area contributed by atoms with Crippen LogP contribution in [-0.4, -0.2) is 57.8 Å². The van der Waals surface area contributed by atoms with Gasteiger partial charge in [0.1, 0.15) is 5.75 Å². The van der Waals surface area contributed by atoms with Crippen molar-refractivity contribution in [3.63, 3.8) is 0 Å². The summed E-state index contributed by atoms with van der Waals surface area (Å²) >= 11 is 0. The zero-order valence-corrected chi connectivity index (χ0v) is 13.1. The Morgan fingerprint density at radius 2 is 1.64 bits per heavy atom. The lowest BCUT2D eigenvalue weighted by molar-refractivity contribution is -0.145. The van der Waals surface area contributed by atoms with Crippen molar-refractivity contribution in [2.45, 2.75) is 0 Å². The number of esters is 2. The molecule has 0 bridgehead atoms. The minimum atomic E-state index is -0.408. The standard InChI is InChI=1S/C16H21NO5/c1-20-14-9-5-4-7-13(14)8-6-10-17(11-15(18)21-2)12-16(19)22-3/h4-9H,10-12H2,1-3H3. The number of ether oxygens (including phenoxy) is 3. The van der Waals surface area contributed by atoms with Crippen molar-refractivity contribution < 1.29 is 23.8 Å². The molecule has 0 aliphatic carbocycles. The van der Waals surface area contributed by atoms with Gasteiger partial charge in [-0.1, -0.05) is 30.4 Å². The molecular weight excluding hydrogens is 286 g/mol. The van der Waals surface area contributed by atoms with Gasteiger partial charge in [0.2, 0.25) is 0 Å². The SMILES string of the molecule is COC(=O)CN(CC=Cc1ccccc1OC)CC(=O)OC. The second kappa shape index (κ2) is 9.57. The van der Waals surface area contributed by atoms with Crippen LogP contribution < -0.4 is 4.74 Å². The lowest BCUT2D eigenvalue weighted by Crippen LogP contribution is -2.35. The number of rotatable bonds is 8. The molecular formula is C16H21NO5. The molecule has 1 rings (SSSR count). The molecule has 0 spiro atoms. The maximum absolute atomic E-state index is 11.4. The Labute approximate surface area is 130 Å². The summed E-state index contributed by atoms with van der Waals surface area (Å²) in [5.41, 5.74) is 0.918. The van der Waals surface area contributed by atoms with Gasteiger partial charge >= 0.3 is 11.9 Å². The first-order valence-corrected chi connectivity index (χ1v) is 6.76. The fourth-order valence-corrected chi connectivity index (χ4v) is 1.81. The van der Waals surface area contributed by atoms with E-state index in [-0.39, 0.29) is 13.1 Å². The number of carbonyl (C=O) groups excluding carboxylic acids is 2. The molecule has 6 nitrogen and oxygen atoms in total. The summed E-state index contributed by atoms with van der Waals surface area (Å²) in [4.78, 5) is 24.4. The number of nitrogens with zero attached hydrogens (tertiary/aromatic N) is 1. The van der Waals surface area contributed by atoms with Gasteiger partial charge in [-0.3, -0.25) is 14.5 Å². The Morgan fingerprint density at radius 3 is 2.18 bits per heavy atom. The lowest BCUT2D eigenvalue weighted by atomic mass is 10.2. The van der Waals surface area contributed by atoms with Gasteiger partial charge in [-0.15, -0.1) is 0 Å². The minimum absolute atomic E-state index is 0.0157. The molecule has 0 saturated carbocycles. The van der Waals surface area contributed by atoms with E-state index in [0.717, 1.165) is 11.3 Å². The van der Waals surface area contributed by atoms with Crippen LogP contribution in [0, 0.1) is 0 Å². The average molecular weight is 307 g/mol. The highest BCUT2D eigenvalue weighted by Gasteiger charge is 2.14. The fraction of sp³-hybridized carbons (Fsp3) is 0.375. The molecule has 22 heavy (non-hydrogen) atoms. The van der Waals surface area contributed by atoms with Crippen molar-refractivity contribution in [1.82, 2.24) is 4.90 Å². The highest BCUT2D eigenvalue weighted by molar-refractivity contribution is 5.75. The van der Waals surface area contributed by atoms with E-state index in [9.17, 15) is 9.59 Å². The third-order valence-electron chi connectivity index (χ3n) is 2.96. The largest absolute Gasteiger partial charge is 0.496 e. The summed E-state index contributed by atoms with van der Waals surface area (Å²) in [5.74, 6) is -0.0598. The molecule has 0 heterocycles. The van der Waals surface area contributed by atoms with Gasteiger partial charge in [0.05, 0.1) is 34.4 Å². The number of hydrogen-bond donors (Lipinski definition) is 0. The second-order valence-electron chi connectivity index (χ2n) is 4.47. The van der Waals surface area contributed by atoms with Crippen molar-refractivity contribution in [3.05, 3.63) is 35.9 Å². The summed E-state index contributed by atoms with van der Waals surface area (Å²) in [6.07, 6.45) is 3.73. The van der Waals surface area contributed by atoms with Gasteiger partial charge < -0.3 is 14.2 Å². The molecule has 0 N–H and O–H groups in total. The number of benzene rings is 1. The first-order valence-electron chi connectivity index (χ1n) is 6.76. The lowest BCUT2D eigenvalue weighted by Gasteiger charge is -2.17. The highest BCUT2D eigenvalue weighted by atomic mass is 16.5. The number of para-hydroxylation sites is 1. The second-order valence-corrected chi connectivity index (χ2v) is 4.47. The number of carbonyl (C=O) groups is 2. The first kappa shape index (κ1) is 17.7. The van der Waals surface area contributed by atoms with E-state index in [2.05, 4.69) is 9.47 Å². The normalized spacial score (nSPS) is 10.7. The first-order chi connectivity index (χ1) is 10.6. The molecule has 0 radical (unpaired) electrons. The van der Waals surface area contributed by atoms with Crippen LogP contribution in [0.2, 0.25) is 0 Å². The Kier molecular flexibility index (Phi) is 7.70. The van der Waals surface area contributed by atoms with E-state index in [4.69, 9.17) is 4.74 Å². The van der Waals surface area contributed by atoms with Crippen LogP contribution in [0.3, 0.4) is 0 Å². The quantitative estimate of drug-likeness (QED) is 0.676. The predicted molar refractivity (Wildman–Crippen MR) is 82.5 cm³/mol. The van der Waals surface area contributed by atoms with E-state index in [0.29, 0.717) is 6.54 Å². The van der Waals surface area contributed by atoms with E-state index in [1.54, 1.807) is 12.0 Å². The topological polar surface area (TPSA) is 65.1 Å². The van der Waals surface area contributed by atoms with Crippen molar-refractivity contribution in [2.75, 3.05) is 41.0 Å². The van der Waals surface area contributed by atoms with E-state index < -0.39 is 11.9 Å². The summed E-state index contributed by atoms with van der Waals surface area (Å²) < 4.78 is 14.5. The molecule has 0 unspecified atom stereocenters. The fourth-order valence-electron chi connectivity index (χ4n) is 1.81. The summed E-state index contributed by atoms with van der Waals surface area (Å²) in [7, 11) is 4.22. The maximum Gasteiger partial charge on any atom is 0.319 e. The van der Waals surface area contributed by atoms with Crippen molar-refractivity contribution in [3.8, 4) is 5.75 Å². The smallest absolute Gasteiger partial charge is 0.319 e. The van der Waals surface area contributed by atoms with E-state index in [1.165, 1.54) is 14.2 Å². The maximum atomic E-state index is 11.4. The van der Waals surface area contributed by atoms with Gasteiger partial charge in [0.15, 0.2) is 0 Å². The van der Waals surface area contributed by atoms with Crippen molar-refractivity contribution in [2.24, 2.45) is 0 Å². The molecule has 120 valence electrons. The van der Waals surface area contributed by atoms with Gasteiger partial charge in [-0.2, -0.15) is 0 Å². The van der Waals surface area contributed by atoms with Gasteiger partial charge in [-0.05, 0) is 6.07 Å². The van der Waals surface area contributed by atoms with Crippen LogP contribution in [0.15, 0.2) is 30.3 Å². The third kappa shape index (κ3) is 5.97. The van der Waals surface area contributed by atoms with Crippen LogP contribution in [0.5, 0.6) is 5.75 Å². The molecule has 0 atom stereocenters. The van der Waals surface area contributed by atoms with Crippen LogP contribution in [-0.2, 0) is 19.1 Å². The van der Waals surface area contributed by atoms with Gasteiger partial charge in [0, 0.05) is 12.1 Å². The van der Waals surface area contributed by atoms with Gasteiger partial charge in [-0.25, -0.2) is 0 Å². The Balaban J connectivity index is 2.70. The molecule has 0 fully saturated rings. The van der Waals surface area contributed by atoms with Crippen LogP contribution in [0.25, 0.3) is 6.08 Å². The number of hydrogen-bond acceptors (Lipinski definition) is 6. The third-order valence-corrected chi connectivity index (χ3v) is 2.96. The molecule has 6 heteroatoms. The molecule has 0 aromatic heterocycles. The van der Waals surface area contributed by atoms with Crippen molar-refractivity contribution in [1.29, 1.82) is 0 Å². The Hall–Kier alpha value is -2.34. The van der Waals surface area contributed by atoms with Crippen LogP contribution >= 0.6 is 0 Å². The average Bonchev–Trinajstić information content (AvgIpc) is 2.54. The molecule has 1 aromatic rings. The summed E-state index contributed by atoms with van der Waals surface area (Å²) in [6.45, 7) is 0.436. The molecule has 0 saturated heterocycles. The van der Waals surface area contributed by atoms with Crippen LogP contribution in [0.4, 0.5) is 0 Å². The molecule has 0 aliphatic rings. The predicted octanol–water partition coefficient (Wildman–Crippen LogP) is 1.36. The van der Waals surface area contributed by atoms with E-state index in [1.807, 2.05) is 36.4 Å². The molecule has 0 amide bonds. The Bertz CT molecular complexity index is 509. The van der Waals surface area contributed by atoms with E-state index >= 15 is 0 Å². The summed E-state index contributed by atoms with van der Waals surface area (Å²) in [5, 5.41) is 0.